The average molecular weight is 401 g/mol. The predicted molar refractivity (Wildman–Crippen MR) is 110 cm³/mol. The number of fused-ring (bicyclic) bond motifs is 1. The number of anilines is 1. The third-order valence-electron chi connectivity index (χ3n) is 4.62. The molecular formula is C20H24N4O3S. The second kappa shape index (κ2) is 7.73. The lowest BCUT2D eigenvalue weighted by Crippen LogP contribution is -2.22. The van der Waals surface area contributed by atoms with E-state index in [9.17, 15) is 13.2 Å². The minimum absolute atomic E-state index is 0.0812. The summed E-state index contributed by atoms with van der Waals surface area (Å²) in [6.45, 7) is 4.39. The first-order valence-corrected chi connectivity index (χ1v) is 10.4. The molecule has 0 bridgehead atoms. The summed E-state index contributed by atoms with van der Waals surface area (Å²) >= 11 is 0. The van der Waals surface area contributed by atoms with Crippen LogP contribution in [0, 0.1) is 13.8 Å². The molecule has 8 heteroatoms. The second-order valence-electron chi connectivity index (χ2n) is 6.99. The minimum Gasteiger partial charge on any atom is -0.330 e. The molecule has 0 unspecified atom stereocenters. The maximum Gasteiger partial charge on any atom is 0.242 e. The summed E-state index contributed by atoms with van der Waals surface area (Å²) in [6, 6.07) is 10.8. The van der Waals surface area contributed by atoms with Crippen molar-refractivity contribution in [2.75, 3.05) is 19.4 Å². The first kappa shape index (κ1) is 20.0. The molecule has 0 atom stereocenters. The molecule has 2 aromatic carbocycles. The van der Waals surface area contributed by atoms with E-state index in [0.29, 0.717) is 12.1 Å². The molecule has 0 aliphatic heterocycles. The maximum atomic E-state index is 12.3. The molecule has 1 aromatic heterocycles. The third-order valence-corrected chi connectivity index (χ3v) is 6.43. The molecule has 28 heavy (non-hydrogen) atoms. The van der Waals surface area contributed by atoms with Crippen LogP contribution in [0.1, 0.15) is 17.5 Å². The Morgan fingerprint density at radius 1 is 1.14 bits per heavy atom. The molecule has 0 fully saturated rings. The van der Waals surface area contributed by atoms with Crippen molar-refractivity contribution >= 4 is 32.7 Å². The van der Waals surface area contributed by atoms with Gasteiger partial charge in [0.25, 0.3) is 0 Å². The topological polar surface area (TPSA) is 84.3 Å². The number of aryl methyl sites for hydroxylation is 3. The van der Waals surface area contributed by atoms with Crippen LogP contribution in [0.4, 0.5) is 5.69 Å². The number of hydrogen-bond acceptors (Lipinski definition) is 4. The van der Waals surface area contributed by atoms with Crippen LogP contribution in [-0.4, -0.2) is 42.3 Å². The van der Waals surface area contributed by atoms with Crippen LogP contribution in [0.5, 0.6) is 0 Å². The monoisotopic (exact) mass is 400 g/mol. The second-order valence-corrected chi connectivity index (χ2v) is 9.14. The fourth-order valence-electron chi connectivity index (χ4n) is 2.90. The number of aromatic nitrogens is 2. The van der Waals surface area contributed by atoms with Gasteiger partial charge in [-0.25, -0.2) is 17.7 Å². The van der Waals surface area contributed by atoms with Gasteiger partial charge in [0.15, 0.2) is 0 Å². The summed E-state index contributed by atoms with van der Waals surface area (Å²) < 4.78 is 27.5. The summed E-state index contributed by atoms with van der Waals surface area (Å²) in [6.07, 6.45) is 1.92. The highest BCUT2D eigenvalue weighted by molar-refractivity contribution is 7.89. The van der Waals surface area contributed by atoms with Gasteiger partial charge in [-0.1, -0.05) is 12.1 Å². The number of carbonyl (C=O) groups excluding carboxylic acids is 1. The molecular weight excluding hydrogens is 376 g/mol. The average Bonchev–Trinajstić information content (AvgIpc) is 3.05. The van der Waals surface area contributed by atoms with Crippen LogP contribution in [0.15, 0.2) is 47.6 Å². The lowest BCUT2D eigenvalue weighted by atomic mass is 10.1. The highest BCUT2D eigenvalue weighted by Crippen LogP contribution is 2.21. The largest absolute Gasteiger partial charge is 0.330 e. The molecule has 0 spiro atoms. The van der Waals surface area contributed by atoms with Gasteiger partial charge in [-0.3, -0.25) is 4.79 Å². The van der Waals surface area contributed by atoms with Gasteiger partial charge in [-0.05, 0) is 49.2 Å². The van der Waals surface area contributed by atoms with Crippen LogP contribution >= 0.6 is 0 Å². The molecule has 0 radical (unpaired) electrons. The number of sulfonamides is 1. The molecule has 0 saturated carbocycles. The zero-order valence-electron chi connectivity index (χ0n) is 16.4. The van der Waals surface area contributed by atoms with Crippen molar-refractivity contribution in [3.8, 4) is 0 Å². The SMILES string of the molecule is Cc1ccc(C)c(NC(=O)CCn2cnc3cc(S(=O)(=O)N(C)C)ccc32)c1. The number of nitrogens with zero attached hydrogens (tertiary/aromatic N) is 3. The zero-order chi connectivity index (χ0) is 20.5. The third kappa shape index (κ3) is 4.07. The number of imidazole rings is 1. The summed E-state index contributed by atoms with van der Waals surface area (Å²) in [5.74, 6) is -0.0812. The lowest BCUT2D eigenvalue weighted by Gasteiger charge is -2.11. The number of amides is 1. The number of nitrogens with one attached hydrogen (secondary N) is 1. The Kier molecular flexibility index (Phi) is 5.53. The highest BCUT2D eigenvalue weighted by atomic mass is 32.2. The molecule has 0 aliphatic carbocycles. The van der Waals surface area contributed by atoms with Gasteiger partial charge in [0.05, 0.1) is 22.3 Å². The molecule has 0 aliphatic rings. The van der Waals surface area contributed by atoms with Gasteiger partial charge < -0.3 is 9.88 Å². The van der Waals surface area contributed by atoms with Crippen molar-refractivity contribution < 1.29 is 13.2 Å². The molecule has 1 amide bonds. The molecule has 7 nitrogen and oxygen atoms in total. The lowest BCUT2D eigenvalue weighted by molar-refractivity contribution is -0.116. The fourth-order valence-corrected chi connectivity index (χ4v) is 3.82. The van der Waals surface area contributed by atoms with Crippen LogP contribution in [0.25, 0.3) is 11.0 Å². The number of benzene rings is 2. The smallest absolute Gasteiger partial charge is 0.242 e. The van der Waals surface area contributed by atoms with E-state index in [-0.39, 0.29) is 17.2 Å². The molecule has 3 aromatic rings. The van der Waals surface area contributed by atoms with E-state index >= 15 is 0 Å². The Hall–Kier alpha value is -2.71. The quantitative estimate of drug-likeness (QED) is 0.689. The predicted octanol–water partition coefficient (Wildman–Crippen LogP) is 2.93. The van der Waals surface area contributed by atoms with E-state index in [2.05, 4.69) is 10.3 Å². The minimum atomic E-state index is -3.51. The van der Waals surface area contributed by atoms with Crippen LogP contribution in [0.3, 0.4) is 0 Å². The summed E-state index contributed by atoms with van der Waals surface area (Å²) in [4.78, 5) is 16.8. The Morgan fingerprint density at radius 3 is 2.61 bits per heavy atom. The normalized spacial score (nSPS) is 11.9. The summed E-state index contributed by atoms with van der Waals surface area (Å²) in [7, 11) is -0.522. The maximum absolute atomic E-state index is 12.3. The van der Waals surface area contributed by atoms with Crippen molar-refractivity contribution in [1.29, 1.82) is 0 Å². The van der Waals surface area contributed by atoms with Gasteiger partial charge in [0.2, 0.25) is 15.9 Å². The van der Waals surface area contributed by atoms with Crippen LogP contribution in [0.2, 0.25) is 0 Å². The first-order chi connectivity index (χ1) is 13.2. The van der Waals surface area contributed by atoms with Crippen LogP contribution < -0.4 is 5.32 Å². The van der Waals surface area contributed by atoms with Gasteiger partial charge in [0, 0.05) is 32.7 Å². The van der Waals surface area contributed by atoms with Gasteiger partial charge in [-0.15, -0.1) is 0 Å². The van der Waals surface area contributed by atoms with E-state index < -0.39 is 10.0 Å². The Bertz CT molecular complexity index is 1130. The fraction of sp³-hybridized carbons (Fsp3) is 0.300. The molecule has 1 N–H and O–H groups in total. The number of carbonyl (C=O) groups is 1. The summed E-state index contributed by atoms with van der Waals surface area (Å²) in [5.41, 5.74) is 4.29. The van der Waals surface area contributed by atoms with E-state index in [1.165, 1.54) is 18.4 Å². The zero-order valence-corrected chi connectivity index (χ0v) is 17.2. The van der Waals surface area contributed by atoms with E-state index in [1.807, 2.05) is 36.6 Å². The van der Waals surface area contributed by atoms with Crippen LogP contribution in [-0.2, 0) is 21.4 Å². The Labute approximate surface area is 165 Å². The van der Waals surface area contributed by atoms with E-state index in [1.54, 1.807) is 24.5 Å². The number of hydrogen-bond donors (Lipinski definition) is 1. The van der Waals surface area contributed by atoms with Gasteiger partial charge in [0.1, 0.15) is 0 Å². The summed E-state index contributed by atoms with van der Waals surface area (Å²) in [5, 5.41) is 2.95. The van der Waals surface area contributed by atoms with Crippen molar-refractivity contribution in [2.45, 2.75) is 31.7 Å². The van der Waals surface area contributed by atoms with Gasteiger partial charge >= 0.3 is 0 Å². The molecule has 3 rings (SSSR count). The van der Waals surface area contributed by atoms with Gasteiger partial charge in [-0.2, -0.15) is 0 Å². The van der Waals surface area contributed by atoms with Crippen molar-refractivity contribution in [2.24, 2.45) is 0 Å². The molecule has 0 saturated heterocycles. The number of rotatable bonds is 6. The molecule has 148 valence electrons. The van der Waals surface area contributed by atoms with Crippen molar-refractivity contribution in [3.63, 3.8) is 0 Å². The Balaban J connectivity index is 1.73. The Morgan fingerprint density at radius 2 is 1.89 bits per heavy atom. The van der Waals surface area contributed by atoms with E-state index in [4.69, 9.17) is 0 Å². The van der Waals surface area contributed by atoms with E-state index in [0.717, 1.165) is 22.3 Å². The standard InChI is InChI=1S/C20H24N4O3S/c1-14-5-6-15(2)17(11-14)22-20(25)9-10-24-13-21-18-12-16(7-8-19(18)24)28(26,27)23(3)4/h5-8,11-13H,9-10H2,1-4H3,(H,22,25). The highest BCUT2D eigenvalue weighted by Gasteiger charge is 2.18. The molecule has 1 heterocycles. The van der Waals surface area contributed by atoms with Crippen molar-refractivity contribution in [3.05, 3.63) is 53.9 Å². The van der Waals surface area contributed by atoms with Crippen molar-refractivity contribution in [1.82, 2.24) is 13.9 Å². The first-order valence-electron chi connectivity index (χ1n) is 8.93.